The van der Waals surface area contributed by atoms with Crippen molar-refractivity contribution in [3.8, 4) is 0 Å². The van der Waals surface area contributed by atoms with Crippen molar-refractivity contribution in [3.05, 3.63) is 36.0 Å². The third kappa shape index (κ3) is 10.6. The highest BCUT2D eigenvalue weighted by atomic mass is 15.0. The fraction of sp³-hybridized carbons (Fsp3) is 0.696. The molecule has 0 spiro atoms. The maximum Gasteiger partial charge on any atom is 0.0969 e. The second-order valence-electron chi connectivity index (χ2n) is 7.80. The van der Waals surface area contributed by atoms with E-state index in [-0.39, 0.29) is 0 Å². The summed E-state index contributed by atoms with van der Waals surface area (Å²) in [5, 5.41) is 6.83. The van der Waals surface area contributed by atoms with Crippen LogP contribution >= 0.6 is 0 Å². The summed E-state index contributed by atoms with van der Waals surface area (Å²) in [4.78, 5) is 4.76. The molecule has 0 radical (unpaired) electrons. The minimum Gasteiger partial charge on any atom is -0.371 e. The van der Waals surface area contributed by atoms with E-state index in [0.29, 0.717) is 12.0 Å². The summed E-state index contributed by atoms with van der Waals surface area (Å²) in [7, 11) is 2.00. The molecule has 1 rings (SSSR count). The molecule has 26 heavy (non-hydrogen) atoms. The van der Waals surface area contributed by atoms with Crippen molar-refractivity contribution in [2.24, 2.45) is 16.8 Å². The van der Waals surface area contributed by atoms with E-state index in [9.17, 15) is 0 Å². The van der Waals surface area contributed by atoms with E-state index in [1.165, 1.54) is 24.3 Å². The highest BCUT2D eigenvalue weighted by molar-refractivity contribution is 5.82. The molecule has 3 nitrogen and oxygen atoms in total. The van der Waals surface area contributed by atoms with Gasteiger partial charge in [-0.3, -0.25) is 4.99 Å². The molecule has 0 saturated heterocycles. The molecule has 0 bridgehead atoms. The average molecular weight is 360 g/mol. The fourth-order valence-corrected chi connectivity index (χ4v) is 3.03. The molecule has 0 aromatic heterocycles. The summed E-state index contributed by atoms with van der Waals surface area (Å²) < 4.78 is 0. The van der Waals surface area contributed by atoms with Crippen LogP contribution in [0.3, 0.4) is 0 Å². The molecule has 0 amide bonds. The molecule has 1 heterocycles. The first-order chi connectivity index (χ1) is 12.5. The van der Waals surface area contributed by atoms with Crippen molar-refractivity contribution in [3.63, 3.8) is 0 Å². The number of hydrogen-bond acceptors (Lipinski definition) is 3. The fourth-order valence-electron chi connectivity index (χ4n) is 3.03. The van der Waals surface area contributed by atoms with Gasteiger partial charge in [-0.1, -0.05) is 63.1 Å². The SMILES string of the molecule is CCC(C)CC/C1=N/C/C=C\C(=C\CC(C)/C=C\CCNC)CC(C)N1. The van der Waals surface area contributed by atoms with Crippen molar-refractivity contribution in [2.45, 2.75) is 72.3 Å². The van der Waals surface area contributed by atoms with Crippen LogP contribution in [-0.4, -0.2) is 32.0 Å². The molecule has 2 N–H and O–H groups in total. The Morgan fingerprint density at radius 3 is 2.92 bits per heavy atom. The standard InChI is InChI=1S/C23H41N3/c1-6-19(2)13-15-23-25-17-9-11-22(18-21(4)26-23)14-12-20(3)10-7-8-16-24-5/h7,9-11,14,19-21,24H,6,8,12-13,15-18H2,1-5H3,(H,25,26)/b10-7-,11-9-,22-14-. The molecular formula is C23H41N3. The number of allylic oxidation sites excluding steroid dienone is 3. The van der Waals surface area contributed by atoms with Gasteiger partial charge < -0.3 is 10.6 Å². The lowest BCUT2D eigenvalue weighted by atomic mass is 10.00. The summed E-state index contributed by atoms with van der Waals surface area (Å²) in [6, 6.07) is 0.432. The van der Waals surface area contributed by atoms with Gasteiger partial charge in [-0.15, -0.1) is 0 Å². The largest absolute Gasteiger partial charge is 0.371 e. The minimum atomic E-state index is 0.432. The zero-order valence-corrected chi connectivity index (χ0v) is 17.7. The Labute approximate surface area is 162 Å². The Morgan fingerprint density at radius 1 is 1.38 bits per heavy atom. The number of hydrogen-bond donors (Lipinski definition) is 2. The Kier molecular flexibility index (Phi) is 12.0. The number of amidine groups is 1. The van der Waals surface area contributed by atoms with E-state index in [4.69, 9.17) is 4.99 Å². The third-order valence-electron chi connectivity index (χ3n) is 5.02. The van der Waals surface area contributed by atoms with Gasteiger partial charge in [0.2, 0.25) is 0 Å². The summed E-state index contributed by atoms with van der Waals surface area (Å²) in [6.45, 7) is 11.0. The van der Waals surface area contributed by atoms with Gasteiger partial charge in [0.05, 0.1) is 12.4 Å². The molecule has 0 saturated carbocycles. The molecule has 0 aliphatic carbocycles. The zero-order chi connectivity index (χ0) is 19.2. The molecule has 148 valence electrons. The van der Waals surface area contributed by atoms with Crippen LogP contribution in [0, 0.1) is 11.8 Å². The Balaban J connectivity index is 2.52. The van der Waals surface area contributed by atoms with E-state index < -0.39 is 0 Å². The van der Waals surface area contributed by atoms with Crippen molar-refractivity contribution in [2.75, 3.05) is 20.1 Å². The monoisotopic (exact) mass is 359 g/mol. The third-order valence-corrected chi connectivity index (χ3v) is 5.02. The van der Waals surface area contributed by atoms with Crippen molar-refractivity contribution >= 4 is 5.84 Å². The minimum absolute atomic E-state index is 0.432. The Bertz CT molecular complexity index is 488. The quantitative estimate of drug-likeness (QED) is 0.412. The van der Waals surface area contributed by atoms with Gasteiger partial charge in [0, 0.05) is 12.5 Å². The van der Waals surface area contributed by atoms with Gasteiger partial charge in [0.15, 0.2) is 0 Å². The molecule has 0 aromatic carbocycles. The molecule has 3 atom stereocenters. The number of nitrogens with one attached hydrogen (secondary N) is 2. The second kappa shape index (κ2) is 13.8. The van der Waals surface area contributed by atoms with Gasteiger partial charge in [-0.05, 0) is 58.0 Å². The van der Waals surface area contributed by atoms with E-state index >= 15 is 0 Å². The lowest BCUT2D eigenvalue weighted by Gasteiger charge is -2.18. The van der Waals surface area contributed by atoms with Crippen LogP contribution in [0.2, 0.25) is 0 Å². The number of nitrogens with zero attached hydrogens (tertiary/aromatic N) is 1. The first kappa shape index (κ1) is 22.7. The highest BCUT2D eigenvalue weighted by Crippen LogP contribution is 2.15. The second-order valence-corrected chi connectivity index (χ2v) is 7.80. The maximum absolute atomic E-state index is 4.76. The smallest absolute Gasteiger partial charge is 0.0969 e. The van der Waals surface area contributed by atoms with Crippen LogP contribution in [0.5, 0.6) is 0 Å². The Morgan fingerprint density at radius 2 is 2.19 bits per heavy atom. The average Bonchev–Trinajstić information content (AvgIpc) is 2.71. The van der Waals surface area contributed by atoms with Crippen molar-refractivity contribution < 1.29 is 0 Å². The first-order valence-corrected chi connectivity index (χ1v) is 10.5. The lowest BCUT2D eigenvalue weighted by molar-refractivity contribution is 0.521. The summed E-state index contributed by atoms with van der Waals surface area (Å²) >= 11 is 0. The normalized spacial score (nSPS) is 25.7. The van der Waals surface area contributed by atoms with E-state index in [2.05, 4.69) is 68.7 Å². The van der Waals surface area contributed by atoms with Crippen molar-refractivity contribution in [1.82, 2.24) is 10.6 Å². The van der Waals surface area contributed by atoms with E-state index in [1.54, 1.807) is 0 Å². The van der Waals surface area contributed by atoms with Gasteiger partial charge in [-0.25, -0.2) is 0 Å². The molecule has 3 unspecified atom stereocenters. The summed E-state index contributed by atoms with van der Waals surface area (Å²) in [6.07, 6.45) is 18.3. The van der Waals surface area contributed by atoms with Crippen LogP contribution in [-0.2, 0) is 0 Å². The van der Waals surface area contributed by atoms with Gasteiger partial charge in [0.1, 0.15) is 0 Å². The molecule has 0 fully saturated rings. The summed E-state index contributed by atoms with van der Waals surface area (Å²) in [5.41, 5.74) is 1.43. The van der Waals surface area contributed by atoms with Crippen molar-refractivity contribution in [1.29, 1.82) is 0 Å². The summed E-state index contributed by atoms with van der Waals surface area (Å²) in [5.74, 6) is 2.55. The molecule has 3 heteroatoms. The van der Waals surface area contributed by atoms with Crippen LogP contribution in [0.25, 0.3) is 0 Å². The van der Waals surface area contributed by atoms with Gasteiger partial charge in [0.25, 0.3) is 0 Å². The number of aliphatic imine (C=N–C) groups is 1. The van der Waals surface area contributed by atoms with E-state index in [1.807, 2.05) is 7.05 Å². The molecular weight excluding hydrogens is 318 g/mol. The predicted octanol–water partition coefficient (Wildman–Crippen LogP) is 5.27. The van der Waals surface area contributed by atoms with Crippen LogP contribution in [0.1, 0.15) is 66.2 Å². The van der Waals surface area contributed by atoms with Gasteiger partial charge in [-0.2, -0.15) is 0 Å². The molecule has 1 aliphatic rings. The first-order valence-electron chi connectivity index (χ1n) is 10.5. The topological polar surface area (TPSA) is 36.4 Å². The van der Waals surface area contributed by atoms with Crippen LogP contribution in [0.15, 0.2) is 40.9 Å². The van der Waals surface area contributed by atoms with E-state index in [0.717, 1.165) is 44.7 Å². The van der Waals surface area contributed by atoms with Crippen LogP contribution < -0.4 is 10.6 Å². The Hall–Kier alpha value is -1.35. The zero-order valence-electron chi connectivity index (χ0n) is 17.7. The predicted molar refractivity (Wildman–Crippen MR) is 117 cm³/mol. The molecule has 0 aromatic rings. The van der Waals surface area contributed by atoms with Gasteiger partial charge >= 0.3 is 0 Å². The lowest BCUT2D eigenvalue weighted by Crippen LogP contribution is -2.33. The highest BCUT2D eigenvalue weighted by Gasteiger charge is 2.10. The number of rotatable bonds is 10. The molecule has 1 aliphatic heterocycles. The van der Waals surface area contributed by atoms with Crippen LogP contribution in [0.4, 0.5) is 0 Å². The maximum atomic E-state index is 4.76.